The second-order valence-corrected chi connectivity index (χ2v) is 6.88. The number of nitrogens with zero attached hydrogens (tertiary/aromatic N) is 3. The van der Waals surface area contributed by atoms with Crippen LogP contribution in [0.25, 0.3) is 17.1 Å². The smallest absolute Gasteiger partial charge is 0.378 e. The van der Waals surface area contributed by atoms with Gasteiger partial charge >= 0.3 is 5.97 Å². The van der Waals surface area contributed by atoms with Gasteiger partial charge in [-0.3, -0.25) is 4.79 Å². The molecular formula is C24H18FN3O3. The Hall–Kier alpha value is -4.13. The summed E-state index contributed by atoms with van der Waals surface area (Å²) >= 11 is 0. The molecule has 0 bridgehead atoms. The number of ketones is 1. The van der Waals surface area contributed by atoms with Crippen molar-refractivity contribution in [2.24, 2.45) is 0 Å². The summed E-state index contributed by atoms with van der Waals surface area (Å²) in [7, 11) is 0. The van der Waals surface area contributed by atoms with E-state index in [1.807, 2.05) is 31.2 Å². The van der Waals surface area contributed by atoms with E-state index in [1.54, 1.807) is 42.5 Å². The first-order valence-electron chi connectivity index (χ1n) is 9.57. The first-order chi connectivity index (χ1) is 15.0. The largest absolute Gasteiger partial charge is 0.451 e. The number of esters is 1. The van der Waals surface area contributed by atoms with Crippen molar-refractivity contribution < 1.29 is 18.7 Å². The summed E-state index contributed by atoms with van der Waals surface area (Å²) in [6.07, 6.45) is 0. The van der Waals surface area contributed by atoms with Crippen molar-refractivity contribution in [1.29, 1.82) is 0 Å². The fraction of sp³-hybridized carbons (Fsp3) is 0.0833. The predicted octanol–water partition coefficient (Wildman–Crippen LogP) is 4.42. The van der Waals surface area contributed by atoms with Gasteiger partial charge in [0.25, 0.3) is 5.82 Å². The van der Waals surface area contributed by atoms with Gasteiger partial charge in [0.2, 0.25) is 0 Å². The van der Waals surface area contributed by atoms with E-state index >= 15 is 0 Å². The minimum absolute atomic E-state index is 0.193. The number of benzene rings is 3. The van der Waals surface area contributed by atoms with Crippen LogP contribution in [0.1, 0.15) is 26.5 Å². The molecule has 0 atom stereocenters. The van der Waals surface area contributed by atoms with Crippen LogP contribution in [0.3, 0.4) is 0 Å². The van der Waals surface area contributed by atoms with E-state index < -0.39 is 12.6 Å². The lowest BCUT2D eigenvalue weighted by Gasteiger charge is -2.06. The number of hydrogen-bond acceptors (Lipinski definition) is 5. The van der Waals surface area contributed by atoms with Gasteiger partial charge in [-0.05, 0) is 48.9 Å². The van der Waals surface area contributed by atoms with Gasteiger partial charge in [-0.1, -0.05) is 42.5 Å². The van der Waals surface area contributed by atoms with E-state index in [4.69, 9.17) is 4.74 Å². The van der Waals surface area contributed by atoms with Crippen molar-refractivity contribution >= 4 is 11.8 Å². The highest BCUT2D eigenvalue weighted by atomic mass is 19.1. The van der Waals surface area contributed by atoms with E-state index in [9.17, 15) is 14.0 Å². The van der Waals surface area contributed by atoms with Gasteiger partial charge in [0, 0.05) is 11.1 Å². The minimum atomic E-state index is -0.820. The zero-order chi connectivity index (χ0) is 21.8. The molecule has 7 heteroatoms. The van der Waals surface area contributed by atoms with Crippen molar-refractivity contribution in [2.75, 3.05) is 6.61 Å². The SMILES string of the molecule is Cc1cccc(-n2nc(C(=O)OCC(=O)c3ccccc3)nc2-c2ccc(F)cc2)c1. The Bertz CT molecular complexity index is 1230. The molecule has 0 spiro atoms. The third-order valence-corrected chi connectivity index (χ3v) is 4.57. The lowest BCUT2D eigenvalue weighted by Crippen LogP contribution is -2.15. The Kier molecular flexibility index (Phi) is 5.66. The van der Waals surface area contributed by atoms with Crippen LogP contribution in [-0.2, 0) is 4.74 Å². The van der Waals surface area contributed by atoms with Crippen molar-refractivity contribution in [3.05, 3.63) is 102 Å². The number of hydrogen-bond donors (Lipinski definition) is 0. The van der Waals surface area contributed by atoms with Crippen molar-refractivity contribution in [3.8, 4) is 17.1 Å². The van der Waals surface area contributed by atoms with Crippen LogP contribution in [0.15, 0.2) is 78.9 Å². The molecule has 0 radical (unpaired) electrons. The topological polar surface area (TPSA) is 74.1 Å². The molecule has 31 heavy (non-hydrogen) atoms. The second kappa shape index (κ2) is 8.71. The second-order valence-electron chi connectivity index (χ2n) is 6.88. The number of rotatable bonds is 6. The monoisotopic (exact) mass is 415 g/mol. The molecule has 3 aromatic carbocycles. The molecular weight excluding hydrogens is 397 g/mol. The number of aryl methyl sites for hydroxylation is 1. The van der Waals surface area contributed by atoms with E-state index in [-0.39, 0.29) is 17.4 Å². The van der Waals surface area contributed by atoms with Gasteiger partial charge in [-0.2, -0.15) is 0 Å². The minimum Gasteiger partial charge on any atom is -0.451 e. The number of ether oxygens (including phenoxy) is 1. The first kappa shape index (κ1) is 20.2. The molecule has 154 valence electrons. The molecule has 0 aliphatic carbocycles. The number of carbonyl (C=O) groups excluding carboxylic acids is 2. The number of aromatic nitrogens is 3. The lowest BCUT2D eigenvalue weighted by molar-refractivity contribution is 0.0462. The van der Waals surface area contributed by atoms with E-state index in [2.05, 4.69) is 10.1 Å². The number of halogens is 1. The number of carbonyl (C=O) groups is 2. The molecule has 1 aromatic heterocycles. The maximum absolute atomic E-state index is 13.4. The number of Topliss-reactive ketones (excluding diaryl/α,β-unsaturated/α-hetero) is 1. The van der Waals surface area contributed by atoms with E-state index in [1.165, 1.54) is 16.8 Å². The summed E-state index contributed by atoms with van der Waals surface area (Å²) in [5.41, 5.74) is 2.71. The molecule has 0 fully saturated rings. The molecule has 0 amide bonds. The van der Waals surface area contributed by atoms with Gasteiger partial charge in [0.15, 0.2) is 18.2 Å². The molecule has 1 heterocycles. The normalized spacial score (nSPS) is 10.6. The Balaban J connectivity index is 1.63. The van der Waals surface area contributed by atoms with Crippen LogP contribution in [0.2, 0.25) is 0 Å². The Morgan fingerprint density at radius 3 is 2.42 bits per heavy atom. The third kappa shape index (κ3) is 4.56. The van der Waals surface area contributed by atoms with E-state index in [0.29, 0.717) is 22.6 Å². The highest BCUT2D eigenvalue weighted by Crippen LogP contribution is 2.22. The van der Waals surface area contributed by atoms with Crippen LogP contribution in [0.5, 0.6) is 0 Å². The quantitative estimate of drug-likeness (QED) is 0.344. The van der Waals surface area contributed by atoms with Crippen LogP contribution >= 0.6 is 0 Å². The molecule has 6 nitrogen and oxygen atoms in total. The van der Waals surface area contributed by atoms with Crippen molar-refractivity contribution in [3.63, 3.8) is 0 Å². The zero-order valence-corrected chi connectivity index (χ0v) is 16.7. The zero-order valence-electron chi connectivity index (χ0n) is 16.7. The molecule has 4 aromatic rings. The van der Waals surface area contributed by atoms with Gasteiger partial charge in [0.1, 0.15) is 5.82 Å². The van der Waals surface area contributed by atoms with Gasteiger partial charge in [0.05, 0.1) is 5.69 Å². The van der Waals surface area contributed by atoms with Crippen LogP contribution < -0.4 is 0 Å². The molecule has 0 unspecified atom stereocenters. The van der Waals surface area contributed by atoms with Crippen molar-refractivity contribution in [1.82, 2.24) is 14.8 Å². The average Bonchev–Trinajstić information content (AvgIpc) is 3.24. The summed E-state index contributed by atoms with van der Waals surface area (Å²) in [6, 6.07) is 21.8. The molecule has 0 saturated heterocycles. The highest BCUT2D eigenvalue weighted by Gasteiger charge is 2.21. The molecule has 0 N–H and O–H groups in total. The maximum Gasteiger partial charge on any atom is 0.378 e. The third-order valence-electron chi connectivity index (χ3n) is 4.57. The lowest BCUT2D eigenvalue weighted by atomic mass is 10.1. The van der Waals surface area contributed by atoms with Crippen LogP contribution in [0.4, 0.5) is 4.39 Å². The Labute approximate surface area is 177 Å². The molecule has 0 aliphatic rings. The van der Waals surface area contributed by atoms with Gasteiger partial charge in [-0.15, -0.1) is 5.10 Å². The summed E-state index contributed by atoms with van der Waals surface area (Å²) in [5, 5.41) is 4.30. The average molecular weight is 415 g/mol. The van der Waals surface area contributed by atoms with Gasteiger partial charge < -0.3 is 4.74 Å². The summed E-state index contributed by atoms with van der Waals surface area (Å²) in [6.45, 7) is 1.51. The summed E-state index contributed by atoms with van der Waals surface area (Å²) in [4.78, 5) is 29.1. The fourth-order valence-corrected chi connectivity index (χ4v) is 3.03. The van der Waals surface area contributed by atoms with Crippen LogP contribution in [-0.4, -0.2) is 33.1 Å². The molecule has 4 rings (SSSR count). The first-order valence-corrected chi connectivity index (χ1v) is 9.57. The highest BCUT2D eigenvalue weighted by molar-refractivity contribution is 5.98. The van der Waals surface area contributed by atoms with Crippen molar-refractivity contribution in [2.45, 2.75) is 6.92 Å². The molecule has 0 saturated carbocycles. The maximum atomic E-state index is 13.4. The standard InChI is InChI=1S/C24H18FN3O3/c1-16-6-5-9-20(14-16)28-23(18-10-12-19(25)13-11-18)26-22(27-28)24(30)31-15-21(29)17-7-3-2-4-8-17/h2-14H,15H2,1H3. The molecule has 0 aliphatic heterocycles. The summed E-state index contributed by atoms with van der Waals surface area (Å²) < 4.78 is 20.0. The Morgan fingerprint density at radius 2 is 1.71 bits per heavy atom. The van der Waals surface area contributed by atoms with Crippen LogP contribution in [0, 0.1) is 12.7 Å². The Morgan fingerprint density at radius 1 is 0.968 bits per heavy atom. The summed E-state index contributed by atoms with van der Waals surface area (Å²) in [5.74, 6) is -1.37. The van der Waals surface area contributed by atoms with E-state index in [0.717, 1.165) is 5.56 Å². The predicted molar refractivity (Wildman–Crippen MR) is 113 cm³/mol. The fourth-order valence-electron chi connectivity index (χ4n) is 3.03. The van der Waals surface area contributed by atoms with Gasteiger partial charge in [-0.25, -0.2) is 18.9 Å².